The maximum absolute atomic E-state index is 10.1. The lowest BCUT2D eigenvalue weighted by Crippen LogP contribution is -2.10. The summed E-state index contributed by atoms with van der Waals surface area (Å²) in [6.45, 7) is 6.00. The Bertz CT molecular complexity index is 1550. The maximum Gasteiger partial charge on any atom is 0.119 e. The fraction of sp³-hybridized carbons (Fsp3) is 0.417. The van der Waals surface area contributed by atoms with Gasteiger partial charge in [-0.05, 0) is 106 Å². The number of aromatic hydroxyl groups is 2. The van der Waals surface area contributed by atoms with Crippen LogP contribution in [0.15, 0.2) is 97.1 Å². The minimum atomic E-state index is 0.237. The van der Waals surface area contributed by atoms with Crippen LogP contribution in [0.3, 0.4) is 0 Å². The van der Waals surface area contributed by atoms with Gasteiger partial charge in [-0.2, -0.15) is 0 Å². The van der Waals surface area contributed by atoms with Gasteiger partial charge in [0, 0.05) is 0 Å². The second-order valence-electron chi connectivity index (χ2n) is 14.3. The lowest BCUT2D eigenvalue weighted by molar-refractivity contribution is 0.304. The molecular formula is C48H60O4. The van der Waals surface area contributed by atoms with Crippen LogP contribution in [0.2, 0.25) is 0 Å². The molecule has 0 unspecified atom stereocenters. The molecule has 5 rings (SSSR count). The standard InChI is InChI=1S/C48H60O4/c1-3-5-7-9-11-13-15-17-35-51-43-31-23-39(24-32-43)47-45(37-19-27-41(49)28-20-37)46(38-21-29-42(50)30-22-38)48(47)40-25-33-44(34-26-40)52-36-18-16-14-12-10-8-6-4-2/h19-34,49-50H,3-18,35-36H2,1-2H3. The monoisotopic (exact) mass is 700 g/mol. The summed E-state index contributed by atoms with van der Waals surface area (Å²) in [5.41, 5.74) is 8.80. The Labute approximate surface area is 313 Å². The SMILES string of the molecule is CCCCCCCCCCOc1ccc(C2=C(c3ccc(OCCCCCCCCCC)cc3)C(c3ccc(O)cc3)=C2c2ccc(O)cc2)cc1. The zero-order chi connectivity index (χ0) is 36.4. The Hall–Kier alpha value is -4.44. The average Bonchev–Trinajstić information content (AvgIpc) is 3.16. The normalized spacial score (nSPS) is 12.7. The van der Waals surface area contributed by atoms with Crippen LogP contribution in [-0.2, 0) is 0 Å². The lowest BCUT2D eigenvalue weighted by Gasteiger charge is -2.33. The third kappa shape index (κ3) is 11.3. The molecule has 0 radical (unpaired) electrons. The van der Waals surface area contributed by atoms with E-state index < -0.39 is 0 Å². The minimum Gasteiger partial charge on any atom is -0.508 e. The molecule has 4 heteroatoms. The predicted octanol–water partition coefficient (Wildman–Crippen LogP) is 13.7. The molecule has 52 heavy (non-hydrogen) atoms. The molecule has 1 aliphatic rings. The molecule has 0 fully saturated rings. The summed E-state index contributed by atoms with van der Waals surface area (Å²) in [6.07, 6.45) is 20.5. The molecule has 0 atom stereocenters. The lowest BCUT2D eigenvalue weighted by atomic mass is 9.69. The number of benzene rings is 4. The van der Waals surface area contributed by atoms with Gasteiger partial charge in [-0.15, -0.1) is 0 Å². The van der Waals surface area contributed by atoms with Crippen molar-refractivity contribution in [3.05, 3.63) is 119 Å². The Morgan fingerprint density at radius 3 is 0.865 bits per heavy atom. The molecule has 0 heterocycles. The Kier molecular flexibility index (Phi) is 15.8. The van der Waals surface area contributed by atoms with Gasteiger partial charge in [0.05, 0.1) is 13.2 Å². The Morgan fingerprint density at radius 2 is 0.577 bits per heavy atom. The summed E-state index contributed by atoms with van der Waals surface area (Å²) >= 11 is 0. The second-order valence-corrected chi connectivity index (χ2v) is 14.3. The van der Waals surface area contributed by atoms with Crippen molar-refractivity contribution < 1.29 is 19.7 Å². The average molecular weight is 701 g/mol. The number of phenols is 2. The fourth-order valence-corrected chi connectivity index (χ4v) is 7.14. The first kappa shape index (κ1) is 38.8. The zero-order valence-corrected chi connectivity index (χ0v) is 31.7. The second kappa shape index (κ2) is 21.2. The van der Waals surface area contributed by atoms with E-state index in [1.807, 2.05) is 24.3 Å². The van der Waals surface area contributed by atoms with Crippen molar-refractivity contribution in [2.75, 3.05) is 13.2 Å². The highest BCUT2D eigenvalue weighted by molar-refractivity contribution is 6.43. The van der Waals surface area contributed by atoms with Gasteiger partial charge in [0.25, 0.3) is 0 Å². The summed E-state index contributed by atoms with van der Waals surface area (Å²) in [7, 11) is 0. The highest BCUT2D eigenvalue weighted by atomic mass is 16.5. The van der Waals surface area contributed by atoms with Crippen LogP contribution in [-0.4, -0.2) is 23.4 Å². The van der Waals surface area contributed by atoms with Crippen molar-refractivity contribution in [2.45, 2.75) is 117 Å². The smallest absolute Gasteiger partial charge is 0.119 e. The summed E-state index contributed by atoms with van der Waals surface area (Å²) in [5.74, 6) is 2.25. The molecule has 0 bridgehead atoms. The number of rotatable bonds is 24. The molecule has 0 aromatic heterocycles. The van der Waals surface area contributed by atoms with Crippen molar-refractivity contribution in [3.8, 4) is 23.0 Å². The van der Waals surface area contributed by atoms with E-state index in [2.05, 4.69) is 62.4 Å². The Morgan fingerprint density at radius 1 is 0.327 bits per heavy atom. The van der Waals surface area contributed by atoms with E-state index in [0.717, 1.165) is 82.1 Å². The first-order chi connectivity index (χ1) is 25.6. The largest absolute Gasteiger partial charge is 0.508 e. The number of ether oxygens (including phenoxy) is 2. The number of unbranched alkanes of at least 4 members (excludes halogenated alkanes) is 14. The summed E-state index contributed by atoms with van der Waals surface area (Å²) < 4.78 is 12.3. The molecule has 4 aromatic carbocycles. The highest BCUT2D eigenvalue weighted by Crippen LogP contribution is 2.56. The third-order valence-electron chi connectivity index (χ3n) is 10.1. The quantitative estimate of drug-likeness (QED) is 0.0714. The molecular weight excluding hydrogens is 641 g/mol. The van der Waals surface area contributed by atoms with Gasteiger partial charge in [0.15, 0.2) is 0 Å². The van der Waals surface area contributed by atoms with E-state index in [4.69, 9.17) is 9.47 Å². The van der Waals surface area contributed by atoms with E-state index in [1.54, 1.807) is 24.3 Å². The fourth-order valence-electron chi connectivity index (χ4n) is 7.14. The number of phenolic OH excluding ortho intramolecular Hbond substituents is 2. The van der Waals surface area contributed by atoms with E-state index in [-0.39, 0.29) is 11.5 Å². The molecule has 276 valence electrons. The molecule has 0 spiro atoms. The number of allylic oxidation sites excluding steroid dienone is 4. The maximum atomic E-state index is 10.1. The van der Waals surface area contributed by atoms with Gasteiger partial charge in [0.1, 0.15) is 23.0 Å². The topological polar surface area (TPSA) is 58.9 Å². The van der Waals surface area contributed by atoms with E-state index >= 15 is 0 Å². The van der Waals surface area contributed by atoms with Crippen LogP contribution >= 0.6 is 0 Å². The molecule has 0 saturated carbocycles. The first-order valence-corrected chi connectivity index (χ1v) is 20.1. The summed E-state index contributed by atoms with van der Waals surface area (Å²) in [5, 5.41) is 20.3. The van der Waals surface area contributed by atoms with Crippen molar-refractivity contribution in [3.63, 3.8) is 0 Å². The van der Waals surface area contributed by atoms with Crippen molar-refractivity contribution in [2.24, 2.45) is 0 Å². The molecule has 4 aromatic rings. The molecule has 2 N–H and O–H groups in total. The predicted molar refractivity (Wildman–Crippen MR) is 219 cm³/mol. The minimum absolute atomic E-state index is 0.237. The Balaban J connectivity index is 1.32. The molecule has 1 aliphatic carbocycles. The van der Waals surface area contributed by atoms with Gasteiger partial charge in [-0.1, -0.05) is 152 Å². The van der Waals surface area contributed by atoms with Crippen molar-refractivity contribution in [1.82, 2.24) is 0 Å². The van der Waals surface area contributed by atoms with Crippen LogP contribution in [0, 0.1) is 0 Å². The van der Waals surface area contributed by atoms with Gasteiger partial charge in [-0.3, -0.25) is 0 Å². The molecule has 0 amide bonds. The first-order valence-electron chi connectivity index (χ1n) is 20.1. The third-order valence-corrected chi connectivity index (χ3v) is 10.1. The van der Waals surface area contributed by atoms with Crippen LogP contribution in [0.5, 0.6) is 23.0 Å². The van der Waals surface area contributed by atoms with E-state index in [1.165, 1.54) is 89.9 Å². The molecule has 0 aliphatic heterocycles. The van der Waals surface area contributed by atoms with Crippen LogP contribution in [0.25, 0.3) is 22.3 Å². The van der Waals surface area contributed by atoms with Crippen LogP contribution in [0.1, 0.15) is 139 Å². The van der Waals surface area contributed by atoms with Gasteiger partial charge in [-0.25, -0.2) is 0 Å². The van der Waals surface area contributed by atoms with Gasteiger partial charge >= 0.3 is 0 Å². The molecule has 0 saturated heterocycles. The van der Waals surface area contributed by atoms with E-state index in [9.17, 15) is 10.2 Å². The van der Waals surface area contributed by atoms with E-state index in [0.29, 0.717) is 0 Å². The van der Waals surface area contributed by atoms with Crippen LogP contribution in [0.4, 0.5) is 0 Å². The van der Waals surface area contributed by atoms with Gasteiger partial charge < -0.3 is 19.7 Å². The highest BCUT2D eigenvalue weighted by Gasteiger charge is 2.33. The number of hydrogen-bond donors (Lipinski definition) is 2. The van der Waals surface area contributed by atoms with Gasteiger partial charge in [0.2, 0.25) is 0 Å². The molecule has 4 nitrogen and oxygen atoms in total. The summed E-state index contributed by atoms with van der Waals surface area (Å²) in [4.78, 5) is 0. The number of hydrogen-bond acceptors (Lipinski definition) is 4. The van der Waals surface area contributed by atoms with Crippen LogP contribution < -0.4 is 9.47 Å². The zero-order valence-electron chi connectivity index (χ0n) is 31.7. The summed E-state index contributed by atoms with van der Waals surface area (Å²) in [6, 6.07) is 31.9. The van der Waals surface area contributed by atoms with Crippen molar-refractivity contribution in [1.29, 1.82) is 0 Å². The van der Waals surface area contributed by atoms with Crippen molar-refractivity contribution >= 4 is 22.3 Å².